The van der Waals surface area contributed by atoms with Crippen LogP contribution >= 0.6 is 24.0 Å². The molecule has 0 aliphatic heterocycles. The molecule has 7 heteroatoms. The molecule has 0 aliphatic carbocycles. The summed E-state index contributed by atoms with van der Waals surface area (Å²) in [6.07, 6.45) is 2.03. The molecule has 0 radical (unpaired) electrons. The lowest BCUT2D eigenvalue weighted by Gasteiger charge is -2.13. The molecule has 0 amide bonds. The van der Waals surface area contributed by atoms with Gasteiger partial charge in [0.2, 0.25) is 0 Å². The number of halogens is 1. The summed E-state index contributed by atoms with van der Waals surface area (Å²) in [4.78, 5) is 16.1. The number of rotatable bonds is 8. The van der Waals surface area contributed by atoms with E-state index in [-0.39, 0.29) is 24.0 Å². The molecule has 0 atom stereocenters. The average molecular weight is 497 g/mol. The second-order valence-corrected chi connectivity index (χ2v) is 5.97. The molecule has 0 spiro atoms. The van der Waals surface area contributed by atoms with Crippen LogP contribution in [0.5, 0.6) is 5.75 Å². The molecule has 152 valence electrons. The molecule has 2 aromatic rings. The number of carbonyl (C=O) groups excluding carboxylic acids is 1. The maximum Gasteiger partial charge on any atom is 0.341 e. The van der Waals surface area contributed by atoms with E-state index in [4.69, 9.17) is 9.47 Å². The van der Waals surface area contributed by atoms with Gasteiger partial charge in [-0.25, -0.2) is 4.79 Å². The Morgan fingerprint density at radius 1 is 1.04 bits per heavy atom. The van der Waals surface area contributed by atoms with E-state index in [0.717, 1.165) is 30.9 Å². The SMILES string of the molecule is CN=C(NCCCc1ccccc1)NCc1ccc(OC)c(C(=O)OC)c1.I. The van der Waals surface area contributed by atoms with Crippen molar-refractivity contribution in [3.63, 3.8) is 0 Å². The number of aliphatic imine (C=N–C) groups is 1. The molecule has 28 heavy (non-hydrogen) atoms. The lowest BCUT2D eigenvalue weighted by molar-refractivity contribution is 0.0597. The molecular formula is C21H28IN3O3. The van der Waals surface area contributed by atoms with Crippen LogP contribution in [0.2, 0.25) is 0 Å². The highest BCUT2D eigenvalue weighted by Crippen LogP contribution is 2.20. The van der Waals surface area contributed by atoms with Gasteiger partial charge in [-0.3, -0.25) is 4.99 Å². The third kappa shape index (κ3) is 7.38. The van der Waals surface area contributed by atoms with Crippen LogP contribution < -0.4 is 15.4 Å². The number of benzene rings is 2. The summed E-state index contributed by atoms with van der Waals surface area (Å²) < 4.78 is 10.0. The quantitative estimate of drug-likeness (QED) is 0.192. The summed E-state index contributed by atoms with van der Waals surface area (Å²) in [6, 6.07) is 15.8. The number of ether oxygens (including phenoxy) is 2. The third-order valence-electron chi connectivity index (χ3n) is 4.13. The van der Waals surface area contributed by atoms with Gasteiger partial charge in [0, 0.05) is 20.1 Å². The number of nitrogens with one attached hydrogen (secondary N) is 2. The van der Waals surface area contributed by atoms with Crippen molar-refractivity contribution in [2.45, 2.75) is 19.4 Å². The Morgan fingerprint density at radius 3 is 2.43 bits per heavy atom. The zero-order chi connectivity index (χ0) is 19.5. The molecule has 0 aliphatic rings. The summed E-state index contributed by atoms with van der Waals surface area (Å²) in [5.74, 6) is 0.796. The number of nitrogens with zero attached hydrogens (tertiary/aromatic N) is 1. The monoisotopic (exact) mass is 497 g/mol. The molecule has 6 nitrogen and oxygen atoms in total. The summed E-state index contributed by atoms with van der Waals surface area (Å²) >= 11 is 0. The third-order valence-corrected chi connectivity index (χ3v) is 4.13. The maximum absolute atomic E-state index is 11.9. The first-order chi connectivity index (χ1) is 13.2. The zero-order valence-corrected chi connectivity index (χ0v) is 18.9. The molecule has 0 saturated heterocycles. The van der Waals surface area contributed by atoms with Gasteiger partial charge in [-0.05, 0) is 36.1 Å². The largest absolute Gasteiger partial charge is 0.496 e. The van der Waals surface area contributed by atoms with Crippen LogP contribution in [0.3, 0.4) is 0 Å². The average Bonchev–Trinajstić information content (AvgIpc) is 2.73. The molecule has 0 aromatic heterocycles. The molecule has 0 heterocycles. The fourth-order valence-electron chi connectivity index (χ4n) is 2.68. The first-order valence-corrected chi connectivity index (χ1v) is 8.91. The Hall–Kier alpha value is -2.29. The molecule has 2 aromatic carbocycles. The van der Waals surface area contributed by atoms with Gasteiger partial charge < -0.3 is 20.1 Å². The highest BCUT2D eigenvalue weighted by atomic mass is 127. The Morgan fingerprint density at radius 2 is 1.79 bits per heavy atom. The van der Waals surface area contributed by atoms with Crippen molar-refractivity contribution in [2.24, 2.45) is 4.99 Å². The molecular weight excluding hydrogens is 469 g/mol. The van der Waals surface area contributed by atoms with Crippen molar-refractivity contribution < 1.29 is 14.3 Å². The summed E-state index contributed by atoms with van der Waals surface area (Å²) in [5.41, 5.74) is 2.67. The minimum Gasteiger partial charge on any atom is -0.496 e. The topological polar surface area (TPSA) is 72.0 Å². The van der Waals surface area contributed by atoms with Gasteiger partial charge in [0.1, 0.15) is 11.3 Å². The smallest absolute Gasteiger partial charge is 0.341 e. The van der Waals surface area contributed by atoms with E-state index >= 15 is 0 Å². The van der Waals surface area contributed by atoms with Crippen molar-refractivity contribution in [1.82, 2.24) is 10.6 Å². The standard InChI is InChI=1S/C21H27N3O3.HI/c1-22-21(23-13-7-10-16-8-5-4-6-9-16)24-15-17-11-12-19(26-2)18(14-17)20(25)27-3;/h4-6,8-9,11-12,14H,7,10,13,15H2,1-3H3,(H2,22,23,24);1H. The minimum absolute atomic E-state index is 0. The zero-order valence-electron chi connectivity index (χ0n) is 16.5. The minimum atomic E-state index is -0.419. The highest BCUT2D eigenvalue weighted by molar-refractivity contribution is 14.0. The fraction of sp³-hybridized carbons (Fsp3) is 0.333. The van der Waals surface area contributed by atoms with E-state index in [1.54, 1.807) is 19.2 Å². The Labute approximate surface area is 183 Å². The number of hydrogen-bond acceptors (Lipinski definition) is 4. The fourth-order valence-corrected chi connectivity index (χ4v) is 2.68. The van der Waals surface area contributed by atoms with Crippen LogP contribution in [0.4, 0.5) is 0 Å². The predicted molar refractivity (Wildman–Crippen MR) is 123 cm³/mol. The number of aryl methyl sites for hydroxylation is 1. The van der Waals surface area contributed by atoms with Crippen LogP contribution in [-0.4, -0.2) is 39.7 Å². The second kappa shape index (κ2) is 13.0. The maximum atomic E-state index is 11.9. The van der Waals surface area contributed by atoms with Crippen LogP contribution in [0.25, 0.3) is 0 Å². The molecule has 0 bridgehead atoms. The Kier molecular flexibility index (Phi) is 11.0. The normalized spacial score (nSPS) is 10.6. The Bertz CT molecular complexity index is 767. The second-order valence-electron chi connectivity index (χ2n) is 5.97. The first kappa shape index (κ1) is 23.7. The van der Waals surface area contributed by atoms with Crippen LogP contribution in [0, 0.1) is 0 Å². The predicted octanol–water partition coefficient (Wildman–Crippen LogP) is 3.40. The lowest BCUT2D eigenvalue weighted by Crippen LogP contribution is -2.37. The van der Waals surface area contributed by atoms with E-state index in [9.17, 15) is 4.79 Å². The number of hydrogen-bond donors (Lipinski definition) is 2. The van der Waals surface area contributed by atoms with Gasteiger partial charge in [0.05, 0.1) is 14.2 Å². The number of methoxy groups -OCH3 is 2. The van der Waals surface area contributed by atoms with Crippen molar-refractivity contribution in [3.8, 4) is 5.75 Å². The Balaban J connectivity index is 0.00000392. The molecule has 0 fully saturated rings. The van der Waals surface area contributed by atoms with E-state index in [1.165, 1.54) is 19.8 Å². The molecule has 0 saturated carbocycles. The number of esters is 1. The van der Waals surface area contributed by atoms with Crippen molar-refractivity contribution in [2.75, 3.05) is 27.8 Å². The molecule has 2 N–H and O–H groups in total. The molecule has 2 rings (SSSR count). The highest BCUT2D eigenvalue weighted by Gasteiger charge is 2.13. The van der Waals surface area contributed by atoms with Gasteiger partial charge >= 0.3 is 5.97 Å². The van der Waals surface area contributed by atoms with Gasteiger partial charge in [0.15, 0.2) is 5.96 Å². The van der Waals surface area contributed by atoms with Gasteiger partial charge in [0.25, 0.3) is 0 Å². The number of carbonyl (C=O) groups is 1. The van der Waals surface area contributed by atoms with Crippen LogP contribution in [-0.2, 0) is 17.7 Å². The van der Waals surface area contributed by atoms with Gasteiger partial charge in [-0.15, -0.1) is 24.0 Å². The van der Waals surface area contributed by atoms with Crippen molar-refractivity contribution >= 4 is 35.9 Å². The summed E-state index contributed by atoms with van der Waals surface area (Å²) in [7, 11) is 4.62. The van der Waals surface area contributed by atoms with Crippen LogP contribution in [0.15, 0.2) is 53.5 Å². The van der Waals surface area contributed by atoms with Crippen molar-refractivity contribution in [3.05, 3.63) is 65.2 Å². The van der Waals surface area contributed by atoms with E-state index < -0.39 is 5.97 Å². The van der Waals surface area contributed by atoms with E-state index in [2.05, 4.69) is 39.9 Å². The number of guanidine groups is 1. The van der Waals surface area contributed by atoms with Crippen LogP contribution in [0.1, 0.15) is 27.9 Å². The van der Waals surface area contributed by atoms with Gasteiger partial charge in [-0.1, -0.05) is 36.4 Å². The summed E-state index contributed by atoms with van der Waals surface area (Å²) in [5, 5.41) is 6.56. The van der Waals surface area contributed by atoms with Crippen molar-refractivity contribution in [1.29, 1.82) is 0 Å². The summed E-state index contributed by atoms with van der Waals surface area (Å²) in [6.45, 7) is 1.36. The van der Waals surface area contributed by atoms with Gasteiger partial charge in [-0.2, -0.15) is 0 Å². The first-order valence-electron chi connectivity index (χ1n) is 8.91. The van der Waals surface area contributed by atoms with E-state index in [1.807, 2.05) is 12.1 Å². The lowest BCUT2D eigenvalue weighted by atomic mass is 10.1. The van der Waals surface area contributed by atoms with E-state index in [0.29, 0.717) is 17.9 Å². The molecule has 0 unspecified atom stereocenters.